The van der Waals surface area contributed by atoms with Crippen LogP contribution in [-0.4, -0.2) is 30.5 Å². The van der Waals surface area contributed by atoms with Crippen LogP contribution in [0.2, 0.25) is 0 Å². The summed E-state index contributed by atoms with van der Waals surface area (Å²) in [5, 5.41) is 5.52. The van der Waals surface area contributed by atoms with Crippen molar-refractivity contribution in [3.05, 3.63) is 0 Å². The van der Waals surface area contributed by atoms with Gasteiger partial charge in [-0.2, -0.15) is 0 Å². The summed E-state index contributed by atoms with van der Waals surface area (Å²) in [4.78, 5) is 11.9. The summed E-state index contributed by atoms with van der Waals surface area (Å²) in [6.45, 7) is 4.08. The second-order valence-electron chi connectivity index (χ2n) is 6.36. The highest BCUT2D eigenvalue weighted by atomic mass is 35.5. The van der Waals surface area contributed by atoms with Crippen molar-refractivity contribution in [2.45, 2.75) is 64.0 Å². The summed E-state index contributed by atoms with van der Waals surface area (Å²) in [5.41, 5.74) is 0. The number of hydrogen-bond donors (Lipinski definition) is 2. The smallest absolute Gasteiger partial charge is 0.262 e. The van der Waals surface area contributed by atoms with Crippen LogP contribution in [0.3, 0.4) is 0 Å². The zero-order valence-electron chi connectivity index (χ0n) is 12.1. The Morgan fingerprint density at radius 2 is 1.85 bits per heavy atom. The Morgan fingerprint density at radius 3 is 2.30 bits per heavy atom. The first-order valence-electron chi connectivity index (χ1n) is 7.29. The van der Waals surface area contributed by atoms with Crippen LogP contribution in [0.5, 0.6) is 0 Å². The highest BCUT2D eigenvalue weighted by Gasteiger charge is 2.42. The fourth-order valence-electron chi connectivity index (χ4n) is 3.13. The molecule has 2 aliphatic rings. The Labute approximate surface area is 125 Å². The van der Waals surface area contributed by atoms with Crippen molar-refractivity contribution in [1.82, 2.24) is 10.6 Å². The molecule has 20 heavy (non-hydrogen) atoms. The van der Waals surface area contributed by atoms with E-state index in [-0.39, 0.29) is 37.3 Å². The molecule has 118 valence electrons. The minimum atomic E-state index is -2.74. The van der Waals surface area contributed by atoms with E-state index in [9.17, 15) is 13.6 Å². The standard InChI is InChI=1S/C14H24F2N2O.ClH/c1-9(2)10-3-5-11(6-4-10)18-13(19)12-7-14(15,16)8-17-12;/h9-12,17H,3-8H2,1-2H3,(H,18,19);1H. The van der Waals surface area contributed by atoms with Crippen molar-refractivity contribution >= 4 is 18.3 Å². The maximum atomic E-state index is 13.0. The lowest BCUT2D eigenvalue weighted by Gasteiger charge is -2.31. The Balaban J connectivity index is 0.00000200. The Morgan fingerprint density at radius 1 is 1.25 bits per heavy atom. The quantitative estimate of drug-likeness (QED) is 0.841. The Kier molecular flexibility index (Phi) is 6.20. The van der Waals surface area contributed by atoms with Gasteiger partial charge in [-0.15, -0.1) is 12.4 Å². The number of alkyl halides is 2. The molecule has 0 aromatic heterocycles. The zero-order valence-corrected chi connectivity index (χ0v) is 12.9. The number of amides is 1. The molecule has 6 heteroatoms. The van der Waals surface area contributed by atoms with Crippen LogP contribution in [0.4, 0.5) is 8.78 Å². The predicted octanol–water partition coefficient (Wildman–Crippen LogP) is 2.74. The summed E-state index contributed by atoms with van der Waals surface area (Å²) in [6, 6.07) is -0.559. The van der Waals surface area contributed by atoms with E-state index in [4.69, 9.17) is 0 Å². The fourth-order valence-corrected chi connectivity index (χ4v) is 3.13. The van der Waals surface area contributed by atoms with Gasteiger partial charge >= 0.3 is 0 Å². The summed E-state index contributed by atoms with van der Waals surface area (Å²) < 4.78 is 26.1. The van der Waals surface area contributed by atoms with E-state index in [1.165, 1.54) is 0 Å². The van der Waals surface area contributed by atoms with E-state index in [1.54, 1.807) is 0 Å². The molecule has 0 bridgehead atoms. The van der Waals surface area contributed by atoms with Gasteiger partial charge in [0, 0.05) is 12.5 Å². The average Bonchev–Trinajstić information content (AvgIpc) is 2.70. The molecule has 1 aliphatic heterocycles. The van der Waals surface area contributed by atoms with Gasteiger partial charge in [-0.3, -0.25) is 10.1 Å². The zero-order chi connectivity index (χ0) is 14.0. The molecule has 2 fully saturated rings. The van der Waals surface area contributed by atoms with Gasteiger partial charge in [0.15, 0.2) is 0 Å². The van der Waals surface area contributed by atoms with Crippen molar-refractivity contribution < 1.29 is 13.6 Å². The maximum Gasteiger partial charge on any atom is 0.262 e. The first-order valence-corrected chi connectivity index (χ1v) is 7.29. The lowest BCUT2D eigenvalue weighted by Crippen LogP contribution is -2.46. The van der Waals surface area contributed by atoms with Gasteiger partial charge in [0.25, 0.3) is 5.92 Å². The van der Waals surface area contributed by atoms with Crippen molar-refractivity contribution in [2.75, 3.05) is 6.54 Å². The van der Waals surface area contributed by atoms with Gasteiger partial charge in [0.2, 0.25) is 5.91 Å². The molecule has 0 radical (unpaired) electrons. The monoisotopic (exact) mass is 310 g/mol. The first-order chi connectivity index (χ1) is 8.87. The third-order valence-corrected chi connectivity index (χ3v) is 4.49. The third kappa shape index (κ3) is 4.55. The molecule has 1 amide bonds. The van der Waals surface area contributed by atoms with Crippen LogP contribution in [0.25, 0.3) is 0 Å². The molecular formula is C14H25ClF2N2O. The highest BCUT2D eigenvalue weighted by Crippen LogP contribution is 2.30. The van der Waals surface area contributed by atoms with Gasteiger partial charge in [0.1, 0.15) is 0 Å². The summed E-state index contributed by atoms with van der Waals surface area (Å²) in [6.07, 6.45) is 3.81. The van der Waals surface area contributed by atoms with Gasteiger partial charge in [-0.25, -0.2) is 8.78 Å². The van der Waals surface area contributed by atoms with E-state index in [0.717, 1.165) is 31.6 Å². The largest absolute Gasteiger partial charge is 0.352 e. The van der Waals surface area contributed by atoms with Crippen molar-refractivity contribution in [3.63, 3.8) is 0 Å². The molecule has 1 atom stereocenters. The summed E-state index contributed by atoms with van der Waals surface area (Å²) >= 11 is 0. The van der Waals surface area contributed by atoms with Crippen LogP contribution < -0.4 is 10.6 Å². The maximum absolute atomic E-state index is 13.0. The summed E-state index contributed by atoms with van der Waals surface area (Å²) in [5.74, 6) is -1.57. The van der Waals surface area contributed by atoms with E-state index in [2.05, 4.69) is 24.5 Å². The molecule has 1 unspecified atom stereocenters. The van der Waals surface area contributed by atoms with Gasteiger partial charge < -0.3 is 5.32 Å². The molecule has 1 saturated carbocycles. The van der Waals surface area contributed by atoms with E-state index >= 15 is 0 Å². The minimum Gasteiger partial charge on any atom is -0.352 e. The molecule has 0 aromatic carbocycles. The van der Waals surface area contributed by atoms with E-state index in [0.29, 0.717) is 5.92 Å². The van der Waals surface area contributed by atoms with Gasteiger partial charge in [0.05, 0.1) is 12.6 Å². The molecule has 2 rings (SSSR count). The van der Waals surface area contributed by atoms with Gasteiger partial charge in [-0.1, -0.05) is 13.8 Å². The van der Waals surface area contributed by atoms with Crippen LogP contribution in [0.15, 0.2) is 0 Å². The number of carbonyl (C=O) groups is 1. The number of carbonyl (C=O) groups excluding carboxylic acids is 1. The molecule has 0 spiro atoms. The average molecular weight is 311 g/mol. The normalized spacial score (nSPS) is 32.8. The number of nitrogens with one attached hydrogen (secondary N) is 2. The second-order valence-corrected chi connectivity index (χ2v) is 6.36. The molecular weight excluding hydrogens is 286 g/mol. The lowest BCUT2D eigenvalue weighted by atomic mass is 9.79. The minimum absolute atomic E-state index is 0. The van der Waals surface area contributed by atoms with Crippen molar-refractivity contribution in [2.24, 2.45) is 11.8 Å². The van der Waals surface area contributed by atoms with E-state index in [1.807, 2.05) is 0 Å². The van der Waals surface area contributed by atoms with Crippen LogP contribution in [0.1, 0.15) is 46.0 Å². The summed E-state index contributed by atoms with van der Waals surface area (Å²) in [7, 11) is 0. The third-order valence-electron chi connectivity index (χ3n) is 4.49. The molecule has 1 aliphatic carbocycles. The number of hydrogen-bond acceptors (Lipinski definition) is 2. The number of halogens is 3. The Hall–Kier alpha value is -0.420. The number of rotatable bonds is 3. The second kappa shape index (κ2) is 7.03. The SMILES string of the molecule is CC(C)C1CCC(NC(=O)C2CC(F)(F)CN2)CC1.Cl. The van der Waals surface area contributed by atoms with Gasteiger partial charge in [-0.05, 0) is 37.5 Å². The van der Waals surface area contributed by atoms with Crippen LogP contribution >= 0.6 is 12.4 Å². The molecule has 1 heterocycles. The Bertz CT molecular complexity index is 331. The molecule has 0 aromatic rings. The van der Waals surface area contributed by atoms with E-state index < -0.39 is 12.0 Å². The molecule has 2 N–H and O–H groups in total. The molecule has 1 saturated heterocycles. The first kappa shape index (κ1) is 17.6. The lowest BCUT2D eigenvalue weighted by molar-refractivity contribution is -0.124. The topological polar surface area (TPSA) is 41.1 Å². The van der Waals surface area contributed by atoms with Crippen molar-refractivity contribution in [3.8, 4) is 0 Å². The fraction of sp³-hybridized carbons (Fsp3) is 0.929. The molecule has 3 nitrogen and oxygen atoms in total. The van der Waals surface area contributed by atoms with Crippen molar-refractivity contribution in [1.29, 1.82) is 0 Å². The van der Waals surface area contributed by atoms with Crippen LogP contribution in [-0.2, 0) is 4.79 Å². The van der Waals surface area contributed by atoms with Crippen LogP contribution in [0, 0.1) is 11.8 Å². The highest BCUT2D eigenvalue weighted by molar-refractivity contribution is 5.85. The predicted molar refractivity (Wildman–Crippen MR) is 77.3 cm³/mol.